The van der Waals surface area contributed by atoms with E-state index in [9.17, 15) is 0 Å². The third-order valence-electron chi connectivity index (χ3n) is 2.20. The van der Waals surface area contributed by atoms with E-state index in [4.69, 9.17) is 5.11 Å². The maximum absolute atomic E-state index is 8.69. The smallest absolute Gasteiger partial charge is 0.0950 e. The standard InChI is InChI=1S/C11H13N3O/c15-7-3-6-12-11-8-13-14-10-5-2-1-4-9(10)11/h1-2,4-5,8,15H,3,6-7H2,(H,12,14). The molecule has 2 N–H and O–H groups in total. The van der Waals surface area contributed by atoms with Gasteiger partial charge in [-0.2, -0.15) is 10.2 Å². The van der Waals surface area contributed by atoms with Crippen molar-refractivity contribution in [3.63, 3.8) is 0 Å². The van der Waals surface area contributed by atoms with Crippen LogP contribution < -0.4 is 5.32 Å². The average Bonchev–Trinajstić information content (AvgIpc) is 2.30. The fourth-order valence-corrected chi connectivity index (χ4v) is 1.45. The zero-order valence-corrected chi connectivity index (χ0v) is 8.35. The van der Waals surface area contributed by atoms with Crippen LogP contribution in [-0.4, -0.2) is 28.5 Å². The molecule has 2 aromatic rings. The third kappa shape index (κ3) is 2.22. The molecule has 0 spiro atoms. The fourth-order valence-electron chi connectivity index (χ4n) is 1.45. The summed E-state index contributed by atoms with van der Waals surface area (Å²) in [7, 11) is 0. The normalized spacial score (nSPS) is 10.5. The Morgan fingerprint density at radius 2 is 2.13 bits per heavy atom. The highest BCUT2D eigenvalue weighted by atomic mass is 16.3. The van der Waals surface area contributed by atoms with E-state index < -0.39 is 0 Å². The molecule has 0 aliphatic rings. The zero-order valence-electron chi connectivity index (χ0n) is 8.35. The van der Waals surface area contributed by atoms with Crippen molar-refractivity contribution in [2.45, 2.75) is 6.42 Å². The van der Waals surface area contributed by atoms with Gasteiger partial charge in [0.2, 0.25) is 0 Å². The highest BCUT2D eigenvalue weighted by Crippen LogP contribution is 2.19. The summed E-state index contributed by atoms with van der Waals surface area (Å²) in [5.41, 5.74) is 1.85. The summed E-state index contributed by atoms with van der Waals surface area (Å²) in [6.45, 7) is 0.940. The number of aromatic nitrogens is 2. The molecule has 0 aliphatic carbocycles. The van der Waals surface area contributed by atoms with Crippen LogP contribution in [0.25, 0.3) is 10.9 Å². The van der Waals surface area contributed by atoms with Crippen LogP contribution in [0.4, 0.5) is 5.69 Å². The molecule has 0 saturated heterocycles. The Labute approximate surface area is 88.0 Å². The van der Waals surface area contributed by atoms with E-state index in [0.717, 1.165) is 29.6 Å². The van der Waals surface area contributed by atoms with Crippen LogP contribution in [0.3, 0.4) is 0 Å². The highest BCUT2D eigenvalue weighted by Gasteiger charge is 2.00. The second kappa shape index (κ2) is 4.70. The Morgan fingerprint density at radius 3 is 3.00 bits per heavy atom. The summed E-state index contributed by atoms with van der Waals surface area (Å²) >= 11 is 0. The van der Waals surface area contributed by atoms with Crippen LogP contribution in [0, 0.1) is 0 Å². The number of hydrogen-bond acceptors (Lipinski definition) is 4. The number of benzene rings is 1. The summed E-state index contributed by atoms with van der Waals surface area (Å²) in [4.78, 5) is 0. The SMILES string of the molecule is OCCCNc1cnnc2ccccc12. The number of hydrogen-bond donors (Lipinski definition) is 2. The van der Waals surface area contributed by atoms with Crippen molar-refractivity contribution in [2.75, 3.05) is 18.5 Å². The van der Waals surface area contributed by atoms with Crippen molar-refractivity contribution in [2.24, 2.45) is 0 Å². The van der Waals surface area contributed by atoms with Gasteiger partial charge in [-0.3, -0.25) is 0 Å². The maximum Gasteiger partial charge on any atom is 0.0950 e. The molecule has 4 nitrogen and oxygen atoms in total. The largest absolute Gasteiger partial charge is 0.396 e. The minimum absolute atomic E-state index is 0.198. The molecule has 0 aliphatic heterocycles. The van der Waals surface area contributed by atoms with Crippen molar-refractivity contribution in [3.8, 4) is 0 Å². The van der Waals surface area contributed by atoms with E-state index in [1.807, 2.05) is 24.3 Å². The maximum atomic E-state index is 8.69. The molecule has 0 atom stereocenters. The Kier molecular flexibility index (Phi) is 3.09. The molecule has 0 radical (unpaired) electrons. The van der Waals surface area contributed by atoms with Gasteiger partial charge in [-0.05, 0) is 12.5 Å². The summed E-state index contributed by atoms with van der Waals surface area (Å²) < 4.78 is 0. The van der Waals surface area contributed by atoms with Gasteiger partial charge < -0.3 is 10.4 Å². The lowest BCUT2D eigenvalue weighted by atomic mass is 10.2. The number of nitrogens with zero attached hydrogens (tertiary/aromatic N) is 2. The molecule has 78 valence electrons. The lowest BCUT2D eigenvalue weighted by molar-refractivity contribution is 0.292. The van der Waals surface area contributed by atoms with Crippen molar-refractivity contribution < 1.29 is 5.11 Å². The predicted molar refractivity (Wildman–Crippen MR) is 59.7 cm³/mol. The highest BCUT2D eigenvalue weighted by molar-refractivity contribution is 5.90. The lowest BCUT2D eigenvalue weighted by Gasteiger charge is -2.07. The van der Waals surface area contributed by atoms with E-state index >= 15 is 0 Å². The molecule has 2 rings (SSSR count). The van der Waals surface area contributed by atoms with Gasteiger partial charge in [0.15, 0.2) is 0 Å². The van der Waals surface area contributed by atoms with E-state index in [-0.39, 0.29) is 6.61 Å². The first-order valence-corrected chi connectivity index (χ1v) is 4.97. The molecule has 0 bridgehead atoms. The summed E-state index contributed by atoms with van der Waals surface area (Å²) in [5.74, 6) is 0. The zero-order chi connectivity index (χ0) is 10.5. The second-order valence-electron chi connectivity index (χ2n) is 3.28. The van der Waals surface area contributed by atoms with Crippen molar-refractivity contribution in [1.82, 2.24) is 10.2 Å². The molecule has 1 aromatic heterocycles. The van der Waals surface area contributed by atoms with Gasteiger partial charge in [0.05, 0.1) is 17.4 Å². The van der Waals surface area contributed by atoms with Crippen LogP contribution in [0.2, 0.25) is 0 Å². The first-order valence-electron chi connectivity index (χ1n) is 4.97. The first kappa shape index (κ1) is 9.86. The molecule has 0 amide bonds. The van der Waals surface area contributed by atoms with Crippen molar-refractivity contribution in [1.29, 1.82) is 0 Å². The van der Waals surface area contributed by atoms with Gasteiger partial charge in [-0.1, -0.05) is 18.2 Å². The van der Waals surface area contributed by atoms with Gasteiger partial charge in [-0.15, -0.1) is 0 Å². The van der Waals surface area contributed by atoms with Gasteiger partial charge in [-0.25, -0.2) is 0 Å². The predicted octanol–water partition coefficient (Wildman–Crippen LogP) is 1.42. The Hall–Kier alpha value is -1.68. The minimum atomic E-state index is 0.198. The molecular weight excluding hydrogens is 190 g/mol. The fraction of sp³-hybridized carbons (Fsp3) is 0.273. The summed E-state index contributed by atoms with van der Waals surface area (Å²) in [6.07, 6.45) is 2.44. The molecule has 0 saturated carbocycles. The number of rotatable bonds is 4. The van der Waals surface area contributed by atoms with Crippen LogP contribution in [0.15, 0.2) is 30.5 Å². The quantitative estimate of drug-likeness (QED) is 0.738. The van der Waals surface area contributed by atoms with Gasteiger partial charge in [0.1, 0.15) is 0 Å². The van der Waals surface area contributed by atoms with Crippen LogP contribution in [0.1, 0.15) is 6.42 Å². The van der Waals surface area contributed by atoms with Gasteiger partial charge in [0, 0.05) is 18.5 Å². The second-order valence-corrected chi connectivity index (χ2v) is 3.28. The summed E-state index contributed by atoms with van der Waals surface area (Å²) in [5, 5.41) is 20.9. The van der Waals surface area contributed by atoms with Crippen LogP contribution in [0.5, 0.6) is 0 Å². The van der Waals surface area contributed by atoms with Crippen LogP contribution in [-0.2, 0) is 0 Å². The number of fused-ring (bicyclic) bond motifs is 1. The Morgan fingerprint density at radius 1 is 1.27 bits per heavy atom. The Balaban J connectivity index is 2.26. The van der Waals surface area contributed by atoms with Gasteiger partial charge >= 0.3 is 0 Å². The molecule has 4 heteroatoms. The van der Waals surface area contributed by atoms with Crippen molar-refractivity contribution >= 4 is 16.6 Å². The molecule has 15 heavy (non-hydrogen) atoms. The molecule has 0 unspecified atom stereocenters. The van der Waals surface area contributed by atoms with Gasteiger partial charge in [0.25, 0.3) is 0 Å². The molecule has 0 fully saturated rings. The van der Waals surface area contributed by atoms with Crippen LogP contribution >= 0.6 is 0 Å². The van der Waals surface area contributed by atoms with E-state index in [0.29, 0.717) is 0 Å². The number of nitrogens with one attached hydrogen (secondary N) is 1. The molecule has 1 aromatic carbocycles. The number of aliphatic hydroxyl groups is 1. The van der Waals surface area contributed by atoms with E-state index in [1.165, 1.54) is 0 Å². The number of aliphatic hydroxyl groups excluding tert-OH is 1. The average molecular weight is 203 g/mol. The number of anilines is 1. The third-order valence-corrected chi connectivity index (χ3v) is 2.20. The van der Waals surface area contributed by atoms with E-state index in [2.05, 4.69) is 15.5 Å². The Bertz CT molecular complexity index is 439. The monoisotopic (exact) mass is 203 g/mol. The molecular formula is C11H13N3O. The minimum Gasteiger partial charge on any atom is -0.396 e. The van der Waals surface area contributed by atoms with Crippen molar-refractivity contribution in [3.05, 3.63) is 30.5 Å². The first-order chi connectivity index (χ1) is 7.42. The lowest BCUT2D eigenvalue weighted by Crippen LogP contribution is -2.04. The molecule has 1 heterocycles. The van der Waals surface area contributed by atoms with E-state index in [1.54, 1.807) is 6.20 Å². The summed E-state index contributed by atoms with van der Waals surface area (Å²) in [6, 6.07) is 7.85. The topological polar surface area (TPSA) is 58.0 Å².